The molecule has 0 fully saturated rings. The highest BCUT2D eigenvalue weighted by atomic mass is 35.5. The number of fused-ring (bicyclic) bond motifs is 1. The van der Waals surface area contributed by atoms with E-state index in [1.807, 2.05) is 4.90 Å². The number of anilines is 1. The van der Waals surface area contributed by atoms with Crippen LogP contribution >= 0.6 is 11.6 Å². The van der Waals surface area contributed by atoms with Crippen LogP contribution in [0.25, 0.3) is 0 Å². The average molecular weight is 537 g/mol. The molecule has 4 rings (SSSR count). The fourth-order valence-corrected chi connectivity index (χ4v) is 5.24. The van der Waals surface area contributed by atoms with E-state index in [-0.39, 0.29) is 23.0 Å². The molecular weight excluding hydrogens is 513 g/mol. The Morgan fingerprint density at radius 3 is 2.33 bits per heavy atom. The van der Waals surface area contributed by atoms with Crippen molar-refractivity contribution in [2.45, 2.75) is 44.1 Å². The number of carbonyl (C=O) groups is 1. The molecule has 36 heavy (non-hydrogen) atoms. The molecule has 3 aromatic carbocycles. The first-order valence-electron chi connectivity index (χ1n) is 11.3. The van der Waals surface area contributed by atoms with Gasteiger partial charge in [-0.3, -0.25) is 9.69 Å². The van der Waals surface area contributed by atoms with E-state index in [0.717, 1.165) is 17.2 Å². The molecule has 3 aromatic rings. The van der Waals surface area contributed by atoms with E-state index in [4.69, 9.17) is 11.6 Å². The smallest absolute Gasteiger partial charge is 0.326 e. The quantitative estimate of drug-likeness (QED) is 0.411. The summed E-state index contributed by atoms with van der Waals surface area (Å²) in [6, 6.07) is 15.2. The second-order valence-electron chi connectivity index (χ2n) is 8.70. The molecule has 1 amide bonds. The first-order valence-corrected chi connectivity index (χ1v) is 13.3. The molecule has 0 atom stereocenters. The normalized spacial score (nSPS) is 14.0. The van der Waals surface area contributed by atoms with Crippen LogP contribution in [0.3, 0.4) is 0 Å². The first kappa shape index (κ1) is 26.2. The number of alkyl halides is 3. The van der Waals surface area contributed by atoms with Crippen molar-refractivity contribution in [3.8, 4) is 0 Å². The summed E-state index contributed by atoms with van der Waals surface area (Å²) in [5, 5.41) is 3.22. The third-order valence-electron chi connectivity index (χ3n) is 6.08. The van der Waals surface area contributed by atoms with Gasteiger partial charge in [-0.2, -0.15) is 13.2 Å². The summed E-state index contributed by atoms with van der Waals surface area (Å²) in [5.41, 5.74) is 2.86. The van der Waals surface area contributed by atoms with Gasteiger partial charge in [-0.15, -0.1) is 0 Å². The van der Waals surface area contributed by atoms with E-state index >= 15 is 0 Å². The SMILES string of the molecule is CCS(=O)(=O)c1ccc(CC(=O)Nc2ccc(CN3Cc4ccc(C(F)(F)F)cc4C3)c(Cl)c2)cc1. The van der Waals surface area contributed by atoms with Crippen LogP contribution in [0.1, 0.15) is 34.7 Å². The fraction of sp³-hybridized carbons (Fsp3) is 0.269. The van der Waals surface area contributed by atoms with Gasteiger partial charge in [-0.05, 0) is 58.7 Å². The van der Waals surface area contributed by atoms with Crippen LogP contribution in [0.2, 0.25) is 5.02 Å². The van der Waals surface area contributed by atoms with Crippen LogP contribution in [-0.2, 0) is 46.9 Å². The van der Waals surface area contributed by atoms with Gasteiger partial charge in [0.05, 0.1) is 22.6 Å². The van der Waals surface area contributed by atoms with Gasteiger partial charge in [0.1, 0.15) is 0 Å². The number of hydrogen-bond acceptors (Lipinski definition) is 4. The predicted molar refractivity (Wildman–Crippen MR) is 132 cm³/mol. The lowest BCUT2D eigenvalue weighted by molar-refractivity contribution is -0.137. The van der Waals surface area contributed by atoms with Gasteiger partial charge in [-0.25, -0.2) is 8.42 Å². The Balaban J connectivity index is 1.35. The number of nitrogens with one attached hydrogen (secondary N) is 1. The molecule has 1 aliphatic rings. The molecule has 190 valence electrons. The molecule has 10 heteroatoms. The lowest BCUT2D eigenvalue weighted by Gasteiger charge is -2.16. The Hall–Kier alpha value is -2.88. The van der Waals surface area contributed by atoms with Gasteiger partial charge >= 0.3 is 6.18 Å². The molecule has 1 N–H and O–H groups in total. The van der Waals surface area contributed by atoms with Crippen LogP contribution in [-0.4, -0.2) is 25.0 Å². The lowest BCUT2D eigenvalue weighted by atomic mass is 10.1. The maximum Gasteiger partial charge on any atom is 0.416 e. The lowest BCUT2D eigenvalue weighted by Crippen LogP contribution is -2.17. The standard InChI is InChI=1S/C26H24ClF3N2O3S/c1-2-36(34,35)23-9-3-17(4-10-23)11-25(33)31-22-8-6-19(24(27)13-22)15-32-14-18-5-7-21(26(28,29)30)12-20(18)16-32/h3-10,12-13H,2,11,14-16H2,1H3,(H,31,33). The summed E-state index contributed by atoms with van der Waals surface area (Å²) < 4.78 is 62.8. The first-order chi connectivity index (χ1) is 16.9. The minimum atomic E-state index is -4.37. The summed E-state index contributed by atoms with van der Waals surface area (Å²) >= 11 is 6.44. The van der Waals surface area contributed by atoms with E-state index in [1.54, 1.807) is 37.3 Å². The minimum Gasteiger partial charge on any atom is -0.326 e. The zero-order valence-corrected chi connectivity index (χ0v) is 21.0. The highest BCUT2D eigenvalue weighted by Crippen LogP contribution is 2.34. The summed E-state index contributed by atoms with van der Waals surface area (Å²) in [5.74, 6) is -0.270. The zero-order valence-electron chi connectivity index (χ0n) is 19.4. The van der Waals surface area contributed by atoms with Gasteiger partial charge in [0.15, 0.2) is 9.84 Å². The van der Waals surface area contributed by atoms with E-state index in [9.17, 15) is 26.4 Å². The van der Waals surface area contributed by atoms with Crippen molar-refractivity contribution in [3.05, 3.63) is 93.5 Å². The number of sulfone groups is 1. The molecule has 0 aromatic heterocycles. The Kier molecular flexibility index (Phi) is 7.45. The third kappa shape index (κ3) is 6.08. The van der Waals surface area contributed by atoms with E-state index in [2.05, 4.69) is 5.32 Å². The minimum absolute atomic E-state index is 0.00721. The van der Waals surface area contributed by atoms with E-state index in [0.29, 0.717) is 41.5 Å². The average Bonchev–Trinajstić information content (AvgIpc) is 3.22. The Bertz CT molecular complexity index is 1390. The van der Waals surface area contributed by atoms with Crippen molar-refractivity contribution in [2.24, 2.45) is 0 Å². The van der Waals surface area contributed by atoms with Gasteiger partial charge in [0.2, 0.25) is 5.91 Å². The van der Waals surface area contributed by atoms with Crippen molar-refractivity contribution >= 4 is 33.0 Å². The number of carbonyl (C=O) groups excluding carboxylic acids is 1. The maximum atomic E-state index is 13.0. The van der Waals surface area contributed by atoms with Crippen LogP contribution in [0, 0.1) is 0 Å². The van der Waals surface area contributed by atoms with Gasteiger partial charge < -0.3 is 5.32 Å². The molecule has 0 bridgehead atoms. The number of halogens is 4. The van der Waals surface area contributed by atoms with Gasteiger partial charge in [0, 0.05) is 30.3 Å². The maximum absolute atomic E-state index is 13.0. The molecule has 5 nitrogen and oxygen atoms in total. The second-order valence-corrected chi connectivity index (χ2v) is 11.4. The van der Waals surface area contributed by atoms with E-state index in [1.165, 1.54) is 24.3 Å². The number of benzene rings is 3. The summed E-state index contributed by atoms with van der Waals surface area (Å²) in [7, 11) is -3.30. The highest BCUT2D eigenvalue weighted by molar-refractivity contribution is 7.91. The van der Waals surface area contributed by atoms with Crippen LogP contribution in [0.15, 0.2) is 65.6 Å². The third-order valence-corrected chi connectivity index (χ3v) is 8.18. The van der Waals surface area contributed by atoms with E-state index < -0.39 is 21.6 Å². The molecule has 0 saturated heterocycles. The largest absolute Gasteiger partial charge is 0.416 e. The highest BCUT2D eigenvalue weighted by Gasteiger charge is 2.32. The number of amides is 1. The summed E-state index contributed by atoms with van der Waals surface area (Å²) in [4.78, 5) is 14.7. The number of nitrogens with zero attached hydrogens (tertiary/aromatic N) is 1. The zero-order chi connectivity index (χ0) is 26.1. The van der Waals surface area contributed by atoms with Crippen molar-refractivity contribution in [1.82, 2.24) is 4.90 Å². The van der Waals surface area contributed by atoms with Gasteiger partial charge in [-0.1, -0.05) is 42.8 Å². The number of rotatable bonds is 7. The predicted octanol–water partition coefficient (Wildman–Crippen LogP) is 5.85. The van der Waals surface area contributed by atoms with Crippen molar-refractivity contribution in [3.63, 3.8) is 0 Å². The van der Waals surface area contributed by atoms with Crippen LogP contribution in [0.4, 0.5) is 18.9 Å². The molecule has 0 saturated carbocycles. The number of hydrogen-bond donors (Lipinski definition) is 1. The molecule has 0 radical (unpaired) electrons. The Labute approximate surface area is 212 Å². The second kappa shape index (κ2) is 10.2. The molecule has 0 aliphatic carbocycles. The van der Waals surface area contributed by atoms with Crippen molar-refractivity contribution in [1.29, 1.82) is 0 Å². The molecule has 0 spiro atoms. The monoisotopic (exact) mass is 536 g/mol. The molecule has 1 aliphatic heterocycles. The summed E-state index contributed by atoms with van der Waals surface area (Å²) in [6.07, 6.45) is -4.30. The fourth-order valence-electron chi connectivity index (χ4n) is 4.12. The van der Waals surface area contributed by atoms with Crippen LogP contribution < -0.4 is 5.32 Å². The molecular formula is C26H24ClF3N2O3S. The van der Waals surface area contributed by atoms with Crippen LogP contribution in [0.5, 0.6) is 0 Å². The Morgan fingerprint density at radius 1 is 1.00 bits per heavy atom. The topological polar surface area (TPSA) is 66.5 Å². The summed E-state index contributed by atoms with van der Waals surface area (Å²) in [6.45, 7) is 2.95. The molecule has 0 unspecified atom stereocenters. The van der Waals surface area contributed by atoms with Crippen molar-refractivity contribution < 1.29 is 26.4 Å². The van der Waals surface area contributed by atoms with Gasteiger partial charge in [0.25, 0.3) is 0 Å². The Morgan fingerprint density at radius 2 is 1.69 bits per heavy atom. The molecule has 1 heterocycles. The van der Waals surface area contributed by atoms with Crippen molar-refractivity contribution in [2.75, 3.05) is 11.1 Å².